The first-order chi connectivity index (χ1) is 10.9. The van der Waals surface area contributed by atoms with Crippen molar-refractivity contribution in [3.05, 3.63) is 69.3 Å². The van der Waals surface area contributed by atoms with Gasteiger partial charge in [-0.3, -0.25) is 20.2 Å². The van der Waals surface area contributed by atoms with Crippen molar-refractivity contribution >= 4 is 34.6 Å². The third kappa shape index (κ3) is 4.10. The summed E-state index contributed by atoms with van der Waals surface area (Å²) in [6, 6.07) is 11.9. The standard InChI is InChI=1S/C16H15N3O3S/c1-10-5-3-6-12(9-10)17-16(23)18-15(20)13-7-4-8-14(11(13)2)19(21)22/h3-9H,1-2H3,(H2,17,18,20,23). The second-order valence-corrected chi connectivity index (χ2v) is 5.39. The molecule has 0 saturated heterocycles. The molecule has 6 nitrogen and oxygen atoms in total. The smallest absolute Gasteiger partial charge is 0.273 e. The molecule has 2 aromatic carbocycles. The van der Waals surface area contributed by atoms with Crippen molar-refractivity contribution in [2.24, 2.45) is 0 Å². The summed E-state index contributed by atoms with van der Waals surface area (Å²) >= 11 is 5.11. The normalized spacial score (nSPS) is 10.0. The molecule has 0 bridgehead atoms. The highest BCUT2D eigenvalue weighted by atomic mass is 32.1. The average Bonchev–Trinajstić information content (AvgIpc) is 2.46. The van der Waals surface area contributed by atoms with E-state index >= 15 is 0 Å². The van der Waals surface area contributed by atoms with Gasteiger partial charge in [-0.1, -0.05) is 18.2 Å². The summed E-state index contributed by atoms with van der Waals surface area (Å²) in [5, 5.41) is 16.5. The van der Waals surface area contributed by atoms with Crippen LogP contribution >= 0.6 is 12.2 Å². The number of hydrogen-bond acceptors (Lipinski definition) is 4. The molecule has 0 heterocycles. The molecular weight excluding hydrogens is 314 g/mol. The second kappa shape index (κ2) is 6.97. The van der Waals surface area contributed by atoms with Gasteiger partial charge in [-0.2, -0.15) is 0 Å². The molecule has 23 heavy (non-hydrogen) atoms. The van der Waals surface area contributed by atoms with Crippen molar-refractivity contribution in [1.82, 2.24) is 5.32 Å². The minimum atomic E-state index is -0.518. The fourth-order valence-electron chi connectivity index (χ4n) is 2.12. The van der Waals surface area contributed by atoms with Crippen molar-refractivity contribution < 1.29 is 9.72 Å². The van der Waals surface area contributed by atoms with Gasteiger partial charge in [-0.05, 0) is 49.8 Å². The lowest BCUT2D eigenvalue weighted by Gasteiger charge is -2.11. The number of nitro groups is 1. The Kier molecular flexibility index (Phi) is 5.02. The summed E-state index contributed by atoms with van der Waals surface area (Å²) in [6.45, 7) is 3.48. The van der Waals surface area contributed by atoms with Gasteiger partial charge in [0.1, 0.15) is 0 Å². The molecule has 0 fully saturated rings. The number of nitrogens with zero attached hydrogens (tertiary/aromatic N) is 1. The summed E-state index contributed by atoms with van der Waals surface area (Å²) < 4.78 is 0. The Morgan fingerprint density at radius 3 is 2.52 bits per heavy atom. The number of carbonyl (C=O) groups excluding carboxylic acids is 1. The monoisotopic (exact) mass is 329 g/mol. The van der Waals surface area contributed by atoms with Crippen LogP contribution in [0, 0.1) is 24.0 Å². The molecule has 0 saturated carbocycles. The first-order valence-electron chi connectivity index (χ1n) is 6.81. The van der Waals surface area contributed by atoms with E-state index in [1.165, 1.54) is 25.1 Å². The van der Waals surface area contributed by atoms with E-state index in [2.05, 4.69) is 10.6 Å². The second-order valence-electron chi connectivity index (χ2n) is 4.98. The van der Waals surface area contributed by atoms with Crippen molar-refractivity contribution in [1.29, 1.82) is 0 Å². The van der Waals surface area contributed by atoms with Gasteiger partial charge in [-0.15, -0.1) is 0 Å². The molecule has 0 atom stereocenters. The minimum absolute atomic E-state index is 0.102. The van der Waals surface area contributed by atoms with E-state index in [0.717, 1.165) is 11.3 Å². The number of carbonyl (C=O) groups is 1. The highest BCUT2D eigenvalue weighted by molar-refractivity contribution is 7.80. The van der Waals surface area contributed by atoms with Crippen LogP contribution in [0.4, 0.5) is 11.4 Å². The van der Waals surface area contributed by atoms with E-state index in [0.29, 0.717) is 5.56 Å². The fraction of sp³-hybridized carbons (Fsp3) is 0.125. The number of anilines is 1. The summed E-state index contributed by atoms with van der Waals surface area (Å²) in [5.41, 5.74) is 2.22. The topological polar surface area (TPSA) is 84.3 Å². The van der Waals surface area contributed by atoms with Crippen molar-refractivity contribution in [3.63, 3.8) is 0 Å². The summed E-state index contributed by atoms with van der Waals surface area (Å²) in [4.78, 5) is 22.7. The zero-order chi connectivity index (χ0) is 17.0. The molecule has 0 radical (unpaired) electrons. The van der Waals surface area contributed by atoms with E-state index < -0.39 is 10.8 Å². The van der Waals surface area contributed by atoms with Crippen LogP contribution in [0.1, 0.15) is 21.5 Å². The largest absolute Gasteiger partial charge is 0.332 e. The van der Waals surface area contributed by atoms with Crippen molar-refractivity contribution in [2.75, 3.05) is 5.32 Å². The predicted molar refractivity (Wildman–Crippen MR) is 92.7 cm³/mol. The van der Waals surface area contributed by atoms with Gasteiger partial charge >= 0.3 is 0 Å². The molecule has 2 aromatic rings. The number of thiocarbonyl (C=S) groups is 1. The SMILES string of the molecule is Cc1cccc(NC(=S)NC(=O)c2cccc([N+](=O)[O-])c2C)c1. The Labute approximate surface area is 138 Å². The Hall–Kier alpha value is -2.80. The highest BCUT2D eigenvalue weighted by Gasteiger charge is 2.18. The maximum Gasteiger partial charge on any atom is 0.273 e. The van der Waals surface area contributed by atoms with Crippen LogP contribution in [-0.4, -0.2) is 15.9 Å². The van der Waals surface area contributed by atoms with Crippen LogP contribution in [0.2, 0.25) is 0 Å². The van der Waals surface area contributed by atoms with E-state index in [9.17, 15) is 14.9 Å². The molecule has 118 valence electrons. The quantitative estimate of drug-likeness (QED) is 0.512. The third-order valence-corrected chi connectivity index (χ3v) is 3.45. The molecule has 0 unspecified atom stereocenters. The van der Waals surface area contributed by atoms with E-state index in [1.807, 2.05) is 31.2 Å². The molecule has 2 rings (SSSR count). The zero-order valence-electron chi connectivity index (χ0n) is 12.6. The van der Waals surface area contributed by atoms with Crippen molar-refractivity contribution in [2.45, 2.75) is 13.8 Å². The summed E-state index contributed by atoms with van der Waals surface area (Å²) in [7, 11) is 0. The molecule has 0 aliphatic heterocycles. The summed E-state index contributed by atoms with van der Waals surface area (Å²) in [5.74, 6) is -0.489. The molecule has 0 aliphatic carbocycles. The van der Waals surface area contributed by atoms with Crippen LogP contribution < -0.4 is 10.6 Å². The van der Waals surface area contributed by atoms with E-state index in [4.69, 9.17) is 12.2 Å². The highest BCUT2D eigenvalue weighted by Crippen LogP contribution is 2.21. The summed E-state index contributed by atoms with van der Waals surface area (Å²) in [6.07, 6.45) is 0. The molecule has 7 heteroatoms. The number of amides is 1. The maximum absolute atomic E-state index is 12.2. The number of rotatable bonds is 3. The van der Waals surface area contributed by atoms with Gasteiger partial charge in [0.2, 0.25) is 0 Å². The van der Waals surface area contributed by atoms with Gasteiger partial charge in [0.25, 0.3) is 11.6 Å². The van der Waals surface area contributed by atoms with Gasteiger partial charge in [-0.25, -0.2) is 0 Å². The minimum Gasteiger partial charge on any atom is -0.332 e. The number of benzene rings is 2. The molecule has 0 aromatic heterocycles. The molecule has 2 N–H and O–H groups in total. The number of nitro benzene ring substituents is 1. The Bertz CT molecular complexity index is 790. The lowest BCUT2D eigenvalue weighted by molar-refractivity contribution is -0.385. The molecular formula is C16H15N3O3S. The van der Waals surface area contributed by atoms with Crippen LogP contribution in [0.3, 0.4) is 0 Å². The first-order valence-corrected chi connectivity index (χ1v) is 7.22. The van der Waals surface area contributed by atoms with Crippen LogP contribution in [0.15, 0.2) is 42.5 Å². The number of hydrogen-bond donors (Lipinski definition) is 2. The van der Waals surface area contributed by atoms with Crippen molar-refractivity contribution in [3.8, 4) is 0 Å². The average molecular weight is 329 g/mol. The van der Waals surface area contributed by atoms with E-state index in [-0.39, 0.29) is 16.4 Å². The Balaban J connectivity index is 2.11. The van der Waals surface area contributed by atoms with Crippen LogP contribution in [0.5, 0.6) is 0 Å². The van der Waals surface area contributed by atoms with Gasteiger partial charge < -0.3 is 5.32 Å². The van der Waals surface area contributed by atoms with Gasteiger partial charge in [0.15, 0.2) is 5.11 Å². The molecule has 1 amide bonds. The fourth-order valence-corrected chi connectivity index (χ4v) is 2.33. The lowest BCUT2D eigenvalue weighted by Crippen LogP contribution is -2.34. The molecule has 0 aliphatic rings. The third-order valence-electron chi connectivity index (χ3n) is 3.25. The number of nitrogens with one attached hydrogen (secondary N) is 2. The van der Waals surface area contributed by atoms with Crippen LogP contribution in [-0.2, 0) is 0 Å². The van der Waals surface area contributed by atoms with Crippen LogP contribution in [0.25, 0.3) is 0 Å². The predicted octanol–water partition coefficient (Wildman–Crippen LogP) is 3.34. The Morgan fingerprint density at radius 2 is 1.87 bits per heavy atom. The maximum atomic E-state index is 12.2. The lowest BCUT2D eigenvalue weighted by atomic mass is 10.1. The van der Waals surface area contributed by atoms with E-state index in [1.54, 1.807) is 0 Å². The van der Waals surface area contributed by atoms with Gasteiger partial charge in [0, 0.05) is 22.9 Å². The number of aryl methyl sites for hydroxylation is 1. The Morgan fingerprint density at radius 1 is 1.17 bits per heavy atom. The van der Waals surface area contributed by atoms with Gasteiger partial charge in [0.05, 0.1) is 4.92 Å². The first kappa shape index (κ1) is 16.6. The zero-order valence-corrected chi connectivity index (χ0v) is 13.4. The molecule has 0 spiro atoms.